The molecule has 0 spiro atoms. The third-order valence-corrected chi connectivity index (χ3v) is 3.09. The maximum atomic E-state index is 5.65. The summed E-state index contributed by atoms with van der Waals surface area (Å²) < 4.78 is 12.0. The lowest BCUT2D eigenvalue weighted by molar-refractivity contribution is 0.0791. The number of rotatable bonds is 4. The molecule has 1 unspecified atom stereocenters. The first-order valence-corrected chi connectivity index (χ1v) is 6.04. The van der Waals surface area contributed by atoms with E-state index in [1.54, 1.807) is 0 Å². The molecule has 0 aliphatic carbocycles. The first-order chi connectivity index (χ1) is 7.34. The molecule has 1 aromatic rings. The predicted octanol–water partition coefficient (Wildman–Crippen LogP) is 3.00. The highest BCUT2D eigenvalue weighted by molar-refractivity contribution is 9.10. The molecule has 0 aromatic heterocycles. The fourth-order valence-corrected chi connectivity index (χ4v) is 1.90. The van der Waals surface area contributed by atoms with Crippen molar-refractivity contribution in [3.05, 3.63) is 34.3 Å². The summed E-state index contributed by atoms with van der Waals surface area (Å²) in [6.07, 6.45) is 1.14. The first kappa shape index (κ1) is 11.1. The van der Waals surface area contributed by atoms with Crippen LogP contribution >= 0.6 is 15.9 Å². The molecule has 1 heterocycles. The van der Waals surface area contributed by atoms with E-state index in [4.69, 9.17) is 9.47 Å². The summed E-state index contributed by atoms with van der Waals surface area (Å²) in [7, 11) is 0. The van der Waals surface area contributed by atoms with Crippen LogP contribution < -0.4 is 0 Å². The lowest BCUT2D eigenvalue weighted by Gasteiger charge is -2.08. The van der Waals surface area contributed by atoms with Gasteiger partial charge in [-0.2, -0.15) is 0 Å². The van der Waals surface area contributed by atoms with Crippen molar-refractivity contribution in [1.29, 1.82) is 0 Å². The van der Waals surface area contributed by atoms with Gasteiger partial charge < -0.3 is 9.47 Å². The highest BCUT2D eigenvalue weighted by atomic mass is 79.9. The number of halogens is 1. The molecular formula is C12H15BrO2. The second-order valence-electron chi connectivity index (χ2n) is 3.87. The van der Waals surface area contributed by atoms with Gasteiger partial charge in [-0.15, -0.1) is 0 Å². The van der Waals surface area contributed by atoms with Gasteiger partial charge in [0.25, 0.3) is 0 Å². The Kier molecular flexibility index (Phi) is 4.18. The highest BCUT2D eigenvalue weighted by Gasteiger charge is 2.15. The molecule has 0 amide bonds. The van der Waals surface area contributed by atoms with Crippen LogP contribution in [0.4, 0.5) is 0 Å². The maximum absolute atomic E-state index is 5.65. The minimum Gasteiger partial charge on any atom is -0.381 e. The average Bonchev–Trinajstić information content (AvgIpc) is 2.74. The minimum absolute atomic E-state index is 0.598. The summed E-state index contributed by atoms with van der Waals surface area (Å²) in [6.45, 7) is 3.27. The van der Waals surface area contributed by atoms with E-state index in [9.17, 15) is 0 Å². The standard InChI is InChI=1S/C12H15BrO2/c13-12-3-1-10(2-4-12)7-15-9-11-5-6-14-8-11/h1-4,11H,5-9H2. The minimum atomic E-state index is 0.598. The van der Waals surface area contributed by atoms with Gasteiger partial charge in [0.05, 0.1) is 19.8 Å². The van der Waals surface area contributed by atoms with Gasteiger partial charge in [-0.3, -0.25) is 0 Å². The molecule has 15 heavy (non-hydrogen) atoms. The third kappa shape index (κ3) is 3.59. The molecule has 1 atom stereocenters. The molecule has 1 saturated heterocycles. The summed E-state index contributed by atoms with van der Waals surface area (Å²) in [6, 6.07) is 8.24. The monoisotopic (exact) mass is 270 g/mol. The third-order valence-electron chi connectivity index (χ3n) is 2.56. The Bertz CT molecular complexity index is 291. The van der Waals surface area contributed by atoms with Crippen LogP contribution in [-0.4, -0.2) is 19.8 Å². The van der Waals surface area contributed by atoms with Gasteiger partial charge >= 0.3 is 0 Å². The largest absolute Gasteiger partial charge is 0.381 e. The van der Waals surface area contributed by atoms with E-state index in [1.807, 2.05) is 12.1 Å². The molecule has 1 aromatic carbocycles. The molecule has 1 aliphatic rings. The Balaban J connectivity index is 1.71. The lowest BCUT2D eigenvalue weighted by atomic mass is 10.1. The quantitative estimate of drug-likeness (QED) is 0.838. The van der Waals surface area contributed by atoms with Crippen molar-refractivity contribution in [1.82, 2.24) is 0 Å². The summed E-state index contributed by atoms with van der Waals surface area (Å²) in [5.41, 5.74) is 1.22. The Morgan fingerprint density at radius 3 is 2.80 bits per heavy atom. The number of benzene rings is 1. The maximum Gasteiger partial charge on any atom is 0.0717 e. The molecule has 1 fully saturated rings. The number of hydrogen-bond acceptors (Lipinski definition) is 2. The molecule has 0 N–H and O–H groups in total. The molecule has 0 saturated carbocycles. The van der Waals surface area contributed by atoms with Crippen LogP contribution in [0.15, 0.2) is 28.7 Å². The van der Waals surface area contributed by atoms with Crippen molar-refractivity contribution in [2.45, 2.75) is 13.0 Å². The first-order valence-electron chi connectivity index (χ1n) is 5.24. The van der Waals surface area contributed by atoms with Gasteiger partial charge in [0.1, 0.15) is 0 Å². The summed E-state index contributed by atoms with van der Waals surface area (Å²) in [5.74, 6) is 0.598. The van der Waals surface area contributed by atoms with Gasteiger partial charge in [0.2, 0.25) is 0 Å². The predicted molar refractivity (Wildman–Crippen MR) is 62.7 cm³/mol. The van der Waals surface area contributed by atoms with Crippen LogP contribution in [0, 0.1) is 5.92 Å². The normalized spacial score (nSPS) is 20.7. The molecule has 3 heteroatoms. The molecule has 2 nitrogen and oxygen atoms in total. The Morgan fingerprint density at radius 2 is 2.13 bits per heavy atom. The van der Waals surface area contributed by atoms with E-state index in [1.165, 1.54) is 5.56 Å². The zero-order valence-corrected chi connectivity index (χ0v) is 10.2. The SMILES string of the molecule is Brc1ccc(COCC2CCOC2)cc1. The van der Waals surface area contributed by atoms with Crippen LogP contribution in [0.2, 0.25) is 0 Å². The van der Waals surface area contributed by atoms with Gasteiger partial charge in [-0.25, -0.2) is 0 Å². The van der Waals surface area contributed by atoms with Crippen molar-refractivity contribution in [3.8, 4) is 0 Å². The number of ether oxygens (including phenoxy) is 2. The van der Waals surface area contributed by atoms with Crippen LogP contribution in [0.1, 0.15) is 12.0 Å². The van der Waals surface area contributed by atoms with E-state index < -0.39 is 0 Å². The fourth-order valence-electron chi connectivity index (χ4n) is 1.64. The highest BCUT2D eigenvalue weighted by Crippen LogP contribution is 2.14. The van der Waals surface area contributed by atoms with Gasteiger partial charge in [-0.05, 0) is 24.1 Å². The molecule has 82 valence electrons. The van der Waals surface area contributed by atoms with Crippen molar-refractivity contribution in [3.63, 3.8) is 0 Å². The molecule has 2 rings (SSSR count). The van der Waals surface area contributed by atoms with Crippen molar-refractivity contribution in [2.24, 2.45) is 5.92 Å². The lowest BCUT2D eigenvalue weighted by Crippen LogP contribution is -2.09. The Labute approximate surface area is 98.7 Å². The fraction of sp³-hybridized carbons (Fsp3) is 0.500. The van der Waals surface area contributed by atoms with Crippen molar-refractivity contribution in [2.75, 3.05) is 19.8 Å². The molecule has 0 bridgehead atoms. The van der Waals surface area contributed by atoms with E-state index in [0.29, 0.717) is 12.5 Å². The Morgan fingerprint density at radius 1 is 1.33 bits per heavy atom. The van der Waals surface area contributed by atoms with E-state index in [0.717, 1.165) is 30.7 Å². The van der Waals surface area contributed by atoms with Gasteiger partial charge in [0, 0.05) is 17.0 Å². The van der Waals surface area contributed by atoms with Crippen molar-refractivity contribution >= 4 is 15.9 Å². The van der Waals surface area contributed by atoms with E-state index in [-0.39, 0.29) is 0 Å². The van der Waals surface area contributed by atoms with Crippen LogP contribution in [0.5, 0.6) is 0 Å². The Hall–Kier alpha value is -0.380. The van der Waals surface area contributed by atoms with Crippen LogP contribution in [0.3, 0.4) is 0 Å². The summed E-state index contributed by atoms with van der Waals surface area (Å²) in [4.78, 5) is 0. The molecule has 0 radical (unpaired) electrons. The molecule has 1 aliphatic heterocycles. The smallest absolute Gasteiger partial charge is 0.0717 e. The van der Waals surface area contributed by atoms with E-state index >= 15 is 0 Å². The van der Waals surface area contributed by atoms with Crippen LogP contribution in [-0.2, 0) is 16.1 Å². The summed E-state index contributed by atoms with van der Waals surface area (Å²) in [5, 5.41) is 0. The second kappa shape index (κ2) is 5.64. The zero-order chi connectivity index (χ0) is 10.5. The van der Waals surface area contributed by atoms with Crippen LogP contribution in [0.25, 0.3) is 0 Å². The van der Waals surface area contributed by atoms with Gasteiger partial charge in [0.15, 0.2) is 0 Å². The number of hydrogen-bond donors (Lipinski definition) is 0. The summed E-state index contributed by atoms with van der Waals surface area (Å²) >= 11 is 3.41. The molecular weight excluding hydrogens is 256 g/mol. The van der Waals surface area contributed by atoms with E-state index in [2.05, 4.69) is 28.1 Å². The second-order valence-corrected chi connectivity index (χ2v) is 4.79. The zero-order valence-electron chi connectivity index (χ0n) is 8.62. The van der Waals surface area contributed by atoms with Gasteiger partial charge in [-0.1, -0.05) is 28.1 Å². The van der Waals surface area contributed by atoms with Crippen molar-refractivity contribution < 1.29 is 9.47 Å². The average molecular weight is 271 g/mol. The topological polar surface area (TPSA) is 18.5 Å².